The van der Waals surface area contributed by atoms with Crippen molar-refractivity contribution >= 4 is 0 Å². The lowest BCUT2D eigenvalue weighted by molar-refractivity contribution is -0.159. The van der Waals surface area contributed by atoms with E-state index in [9.17, 15) is 0 Å². The average molecular weight is 383 g/mol. The number of allylic oxidation sites excluding steroid dienone is 1. The van der Waals surface area contributed by atoms with Crippen LogP contribution in [0.5, 0.6) is 0 Å². The van der Waals surface area contributed by atoms with Crippen LogP contribution < -0.4 is 0 Å². The highest BCUT2D eigenvalue weighted by Gasteiger charge is 2.66. The van der Waals surface area contributed by atoms with Crippen LogP contribution in [0.2, 0.25) is 0 Å². The first-order valence-electron chi connectivity index (χ1n) is 11.4. The van der Waals surface area contributed by atoms with Gasteiger partial charge in [-0.25, -0.2) is 0 Å². The first-order chi connectivity index (χ1) is 13.4. The van der Waals surface area contributed by atoms with Gasteiger partial charge in [0.15, 0.2) is 0 Å². The summed E-state index contributed by atoms with van der Waals surface area (Å²) in [4.78, 5) is 0. The van der Waals surface area contributed by atoms with E-state index in [0.717, 1.165) is 24.2 Å². The van der Waals surface area contributed by atoms with Gasteiger partial charge in [-0.05, 0) is 85.5 Å². The van der Waals surface area contributed by atoms with Crippen LogP contribution in [0.1, 0.15) is 62.4 Å². The van der Waals surface area contributed by atoms with Gasteiger partial charge in [0.25, 0.3) is 0 Å². The number of nitrogens with zero attached hydrogens (tertiary/aromatic N) is 2. The van der Waals surface area contributed by atoms with Crippen LogP contribution in [-0.2, 0) is 22.9 Å². The van der Waals surface area contributed by atoms with E-state index in [1.54, 1.807) is 0 Å². The maximum Gasteiger partial charge on any atom is 0.147 e. The maximum atomic E-state index is 6.35. The summed E-state index contributed by atoms with van der Waals surface area (Å²) in [5, 5.41) is 4.82. The molecule has 1 saturated heterocycles. The molecule has 1 aromatic rings. The van der Waals surface area contributed by atoms with Gasteiger partial charge >= 0.3 is 0 Å². The van der Waals surface area contributed by atoms with Gasteiger partial charge in [0, 0.05) is 12.7 Å². The van der Waals surface area contributed by atoms with Gasteiger partial charge in [-0.3, -0.25) is 4.68 Å². The second kappa shape index (κ2) is 5.72. The third-order valence-electron chi connectivity index (χ3n) is 9.98. The first kappa shape index (κ1) is 17.7. The number of aryl methyl sites for hydroxylation is 2. The molecule has 9 unspecified atom stereocenters. The molecule has 0 amide bonds. The van der Waals surface area contributed by atoms with E-state index in [2.05, 4.69) is 39.1 Å². The van der Waals surface area contributed by atoms with Gasteiger partial charge in [0.1, 0.15) is 6.79 Å². The van der Waals surface area contributed by atoms with Crippen LogP contribution in [-0.4, -0.2) is 28.8 Å². The Morgan fingerprint density at radius 1 is 1.14 bits per heavy atom. The Kier molecular flexibility index (Phi) is 3.62. The molecule has 4 heteroatoms. The van der Waals surface area contributed by atoms with Crippen LogP contribution in [0.25, 0.3) is 0 Å². The van der Waals surface area contributed by atoms with Crippen molar-refractivity contribution in [2.24, 2.45) is 42.1 Å². The Morgan fingerprint density at radius 2 is 1.93 bits per heavy atom. The Hall–Kier alpha value is -1.13. The smallest absolute Gasteiger partial charge is 0.147 e. The normalized spacial score (nSPS) is 49.2. The van der Waals surface area contributed by atoms with E-state index >= 15 is 0 Å². The molecule has 0 radical (unpaired) electrons. The Balaban J connectivity index is 1.50. The quantitative estimate of drug-likeness (QED) is 0.625. The van der Waals surface area contributed by atoms with Gasteiger partial charge < -0.3 is 9.47 Å². The van der Waals surface area contributed by atoms with Crippen molar-refractivity contribution < 1.29 is 9.47 Å². The molecule has 9 atom stereocenters. The fraction of sp³-hybridized carbons (Fsp3) is 0.792. The van der Waals surface area contributed by atoms with Gasteiger partial charge in [0.2, 0.25) is 0 Å². The van der Waals surface area contributed by atoms with Crippen molar-refractivity contribution in [2.45, 2.75) is 71.0 Å². The molecule has 0 aromatic carbocycles. The number of hydrogen-bond donors (Lipinski definition) is 0. The summed E-state index contributed by atoms with van der Waals surface area (Å²) in [5.41, 5.74) is 5.96. The van der Waals surface area contributed by atoms with Crippen LogP contribution in [0.3, 0.4) is 0 Å². The molecule has 4 nitrogen and oxygen atoms in total. The summed E-state index contributed by atoms with van der Waals surface area (Å²) in [6, 6.07) is 0. The molecule has 1 aromatic heterocycles. The zero-order chi connectivity index (χ0) is 19.4. The lowest BCUT2D eigenvalue weighted by Gasteiger charge is -2.62. The molecule has 2 heterocycles. The first-order valence-corrected chi connectivity index (χ1v) is 11.4. The maximum absolute atomic E-state index is 6.35. The third-order valence-corrected chi connectivity index (χ3v) is 9.98. The molecule has 5 aliphatic rings. The summed E-state index contributed by atoms with van der Waals surface area (Å²) in [6.45, 7) is 12.2. The molecule has 0 bridgehead atoms. The average Bonchev–Trinajstić information content (AvgIpc) is 3.36. The van der Waals surface area contributed by atoms with Crippen LogP contribution >= 0.6 is 0 Å². The van der Waals surface area contributed by atoms with Crippen molar-refractivity contribution in [3.8, 4) is 0 Å². The van der Waals surface area contributed by atoms with E-state index in [1.807, 2.05) is 0 Å². The molecule has 1 aliphatic heterocycles. The summed E-state index contributed by atoms with van der Waals surface area (Å²) >= 11 is 0. The number of aromatic nitrogens is 2. The predicted molar refractivity (Wildman–Crippen MR) is 108 cm³/mol. The summed E-state index contributed by atoms with van der Waals surface area (Å²) in [7, 11) is 2.12. The molecule has 6 rings (SSSR count). The Morgan fingerprint density at radius 3 is 2.75 bits per heavy atom. The standard InChI is InChI=1S/C24H34N2O2/c1-12-6-7-16-15(12)8-9-17-21(16)23-22(27-11-28-23)18-10-19-20(13(2)24(17,18)4)14(3)25-26(19)5/h13,15-18,21-23H,1,6-11H2,2-5H3. The molecule has 3 saturated carbocycles. The largest absolute Gasteiger partial charge is 0.349 e. The molecule has 28 heavy (non-hydrogen) atoms. The van der Waals surface area contributed by atoms with Crippen molar-refractivity contribution in [1.29, 1.82) is 0 Å². The topological polar surface area (TPSA) is 36.3 Å². The highest BCUT2D eigenvalue weighted by atomic mass is 16.7. The van der Waals surface area contributed by atoms with Gasteiger partial charge in [-0.2, -0.15) is 5.10 Å². The summed E-state index contributed by atoms with van der Waals surface area (Å²) in [5.74, 6) is 3.87. The highest BCUT2D eigenvalue weighted by molar-refractivity contribution is 5.37. The number of ether oxygens (including phenoxy) is 2. The zero-order valence-electron chi connectivity index (χ0n) is 17.8. The van der Waals surface area contributed by atoms with Crippen molar-refractivity contribution in [3.05, 3.63) is 29.1 Å². The number of hydrogen-bond acceptors (Lipinski definition) is 3. The van der Waals surface area contributed by atoms with E-state index in [0.29, 0.717) is 24.5 Å². The summed E-state index contributed by atoms with van der Waals surface area (Å²) in [6.07, 6.45) is 6.79. The van der Waals surface area contributed by atoms with E-state index in [4.69, 9.17) is 14.6 Å². The minimum absolute atomic E-state index is 0.240. The molecular weight excluding hydrogens is 348 g/mol. The van der Waals surface area contributed by atoms with Crippen LogP contribution in [0.4, 0.5) is 0 Å². The molecule has 4 fully saturated rings. The van der Waals surface area contributed by atoms with Gasteiger partial charge in [-0.15, -0.1) is 0 Å². The molecule has 0 N–H and O–H groups in total. The van der Waals surface area contributed by atoms with Crippen molar-refractivity contribution in [3.63, 3.8) is 0 Å². The fourth-order valence-electron chi connectivity index (χ4n) is 8.68. The highest BCUT2D eigenvalue weighted by Crippen LogP contribution is 2.67. The zero-order valence-corrected chi connectivity index (χ0v) is 17.8. The van der Waals surface area contributed by atoms with Crippen LogP contribution in [0, 0.1) is 41.9 Å². The van der Waals surface area contributed by atoms with Gasteiger partial charge in [0.05, 0.1) is 17.9 Å². The minimum atomic E-state index is 0.240. The van der Waals surface area contributed by atoms with Gasteiger partial charge in [-0.1, -0.05) is 26.0 Å². The molecular formula is C24H34N2O2. The lowest BCUT2D eigenvalue weighted by Crippen LogP contribution is -2.63. The molecule has 152 valence electrons. The summed E-state index contributed by atoms with van der Waals surface area (Å²) < 4.78 is 14.8. The Bertz CT molecular complexity index is 844. The van der Waals surface area contributed by atoms with E-state index in [1.165, 1.54) is 48.2 Å². The van der Waals surface area contributed by atoms with E-state index in [-0.39, 0.29) is 17.6 Å². The molecule has 4 aliphatic carbocycles. The lowest BCUT2D eigenvalue weighted by atomic mass is 9.43. The number of fused-ring (bicyclic) bond motifs is 9. The van der Waals surface area contributed by atoms with E-state index < -0.39 is 0 Å². The monoisotopic (exact) mass is 382 g/mol. The Labute approximate surface area is 168 Å². The number of rotatable bonds is 0. The predicted octanol–water partition coefficient (Wildman–Crippen LogP) is 4.37. The fourth-order valence-corrected chi connectivity index (χ4v) is 8.68. The minimum Gasteiger partial charge on any atom is -0.349 e. The van der Waals surface area contributed by atoms with Crippen molar-refractivity contribution in [2.75, 3.05) is 6.79 Å². The molecule has 0 spiro atoms. The SMILES string of the molecule is C=C1CCC2C1CCC1C2C2OCOC2C2Cc3c(c(C)nn3C)C(C)C21C. The van der Waals surface area contributed by atoms with Crippen molar-refractivity contribution in [1.82, 2.24) is 9.78 Å². The van der Waals surface area contributed by atoms with Crippen LogP contribution in [0.15, 0.2) is 12.2 Å². The second-order valence-electron chi connectivity index (χ2n) is 10.6. The third kappa shape index (κ3) is 1.97. The second-order valence-corrected chi connectivity index (χ2v) is 10.6.